The van der Waals surface area contributed by atoms with E-state index in [0.29, 0.717) is 0 Å². The van der Waals surface area contributed by atoms with Crippen LogP contribution in [0.1, 0.15) is 11.1 Å². The van der Waals surface area contributed by atoms with Gasteiger partial charge in [0.25, 0.3) is 0 Å². The van der Waals surface area contributed by atoms with E-state index in [1.54, 1.807) is 0 Å². The van der Waals surface area contributed by atoms with Gasteiger partial charge in [0.2, 0.25) is 0 Å². The second-order valence-electron chi connectivity index (χ2n) is 5.82. The van der Waals surface area contributed by atoms with Crippen molar-refractivity contribution in [2.45, 2.75) is 13.5 Å². The molecule has 0 saturated carbocycles. The van der Waals surface area contributed by atoms with Crippen molar-refractivity contribution in [1.29, 1.82) is 0 Å². The van der Waals surface area contributed by atoms with E-state index in [0.717, 1.165) is 42.2 Å². The molecule has 116 valence electrons. The number of benzene rings is 2. The molecule has 3 rings (SSSR count). The van der Waals surface area contributed by atoms with Crippen LogP contribution in [0, 0.1) is 6.92 Å². The zero-order chi connectivity index (χ0) is 15.5. The van der Waals surface area contributed by atoms with Gasteiger partial charge in [0.1, 0.15) is 0 Å². The van der Waals surface area contributed by atoms with Crippen LogP contribution < -0.4 is 4.90 Å². The van der Waals surface area contributed by atoms with Crippen LogP contribution >= 0.6 is 27.5 Å². The standard InChI is InChI=1S/C18H20BrClN2/c1-14-2-7-17(20)12-18(14)22-10-8-21(9-11-22)13-15-3-5-16(19)6-4-15/h2-7,12H,8-11,13H2,1H3. The Bertz CT molecular complexity index is 634. The predicted octanol–water partition coefficient (Wildman–Crippen LogP) is 4.73. The number of anilines is 1. The molecule has 1 fully saturated rings. The summed E-state index contributed by atoms with van der Waals surface area (Å²) >= 11 is 9.63. The molecular weight excluding hydrogens is 360 g/mol. The number of halogens is 2. The fourth-order valence-corrected chi connectivity index (χ4v) is 3.35. The van der Waals surface area contributed by atoms with Gasteiger partial charge < -0.3 is 4.90 Å². The predicted molar refractivity (Wildman–Crippen MR) is 97.8 cm³/mol. The van der Waals surface area contributed by atoms with Crippen molar-refractivity contribution in [1.82, 2.24) is 4.90 Å². The lowest BCUT2D eigenvalue weighted by Gasteiger charge is -2.37. The Morgan fingerprint density at radius 2 is 1.68 bits per heavy atom. The van der Waals surface area contributed by atoms with Gasteiger partial charge in [-0.2, -0.15) is 0 Å². The first kappa shape index (κ1) is 15.9. The third-order valence-corrected chi connectivity index (χ3v) is 4.97. The van der Waals surface area contributed by atoms with Crippen LogP contribution in [0.3, 0.4) is 0 Å². The van der Waals surface area contributed by atoms with E-state index in [-0.39, 0.29) is 0 Å². The van der Waals surface area contributed by atoms with E-state index in [1.807, 2.05) is 6.07 Å². The highest BCUT2D eigenvalue weighted by Crippen LogP contribution is 2.25. The van der Waals surface area contributed by atoms with Gasteiger partial charge in [0, 0.05) is 47.9 Å². The van der Waals surface area contributed by atoms with E-state index in [9.17, 15) is 0 Å². The van der Waals surface area contributed by atoms with E-state index in [4.69, 9.17) is 11.6 Å². The van der Waals surface area contributed by atoms with Crippen molar-refractivity contribution < 1.29 is 0 Å². The van der Waals surface area contributed by atoms with E-state index in [2.05, 4.69) is 69.1 Å². The Balaban J connectivity index is 1.60. The van der Waals surface area contributed by atoms with Crippen LogP contribution in [-0.4, -0.2) is 31.1 Å². The lowest BCUT2D eigenvalue weighted by Crippen LogP contribution is -2.46. The highest BCUT2D eigenvalue weighted by atomic mass is 79.9. The van der Waals surface area contributed by atoms with Crippen molar-refractivity contribution >= 4 is 33.2 Å². The monoisotopic (exact) mass is 378 g/mol. The molecule has 0 radical (unpaired) electrons. The topological polar surface area (TPSA) is 6.48 Å². The van der Waals surface area contributed by atoms with Crippen LogP contribution in [0.25, 0.3) is 0 Å². The van der Waals surface area contributed by atoms with Gasteiger partial charge in [-0.25, -0.2) is 0 Å². The molecule has 0 N–H and O–H groups in total. The van der Waals surface area contributed by atoms with Crippen molar-refractivity contribution in [2.24, 2.45) is 0 Å². The van der Waals surface area contributed by atoms with Crippen molar-refractivity contribution in [3.63, 3.8) is 0 Å². The Morgan fingerprint density at radius 3 is 2.36 bits per heavy atom. The van der Waals surface area contributed by atoms with Crippen LogP contribution in [0.2, 0.25) is 5.02 Å². The zero-order valence-electron chi connectivity index (χ0n) is 12.7. The molecule has 0 unspecified atom stereocenters. The number of aryl methyl sites for hydroxylation is 1. The molecule has 4 heteroatoms. The lowest BCUT2D eigenvalue weighted by molar-refractivity contribution is 0.250. The molecule has 0 atom stereocenters. The second-order valence-corrected chi connectivity index (χ2v) is 7.17. The summed E-state index contributed by atoms with van der Waals surface area (Å²) in [7, 11) is 0. The third-order valence-electron chi connectivity index (χ3n) is 4.20. The van der Waals surface area contributed by atoms with Crippen molar-refractivity contribution in [2.75, 3.05) is 31.1 Å². The van der Waals surface area contributed by atoms with Crippen molar-refractivity contribution in [3.8, 4) is 0 Å². The van der Waals surface area contributed by atoms with E-state index >= 15 is 0 Å². The van der Waals surface area contributed by atoms with E-state index in [1.165, 1.54) is 16.8 Å². The normalized spacial score (nSPS) is 16.0. The number of nitrogens with zero attached hydrogens (tertiary/aromatic N) is 2. The summed E-state index contributed by atoms with van der Waals surface area (Å²) in [5, 5.41) is 0.817. The summed E-state index contributed by atoms with van der Waals surface area (Å²) in [4.78, 5) is 4.96. The molecule has 1 saturated heterocycles. The fourth-order valence-electron chi connectivity index (χ4n) is 2.92. The Labute approximate surface area is 145 Å². The summed E-state index contributed by atoms with van der Waals surface area (Å²) in [6.07, 6.45) is 0. The van der Waals surface area contributed by atoms with Gasteiger partial charge in [0.15, 0.2) is 0 Å². The first-order chi connectivity index (χ1) is 10.6. The molecule has 0 bridgehead atoms. The SMILES string of the molecule is Cc1ccc(Cl)cc1N1CCN(Cc2ccc(Br)cc2)CC1. The summed E-state index contributed by atoms with van der Waals surface area (Å²) < 4.78 is 1.14. The summed E-state index contributed by atoms with van der Waals surface area (Å²) in [5.41, 5.74) is 3.94. The molecule has 1 aliphatic heterocycles. The molecule has 2 nitrogen and oxygen atoms in total. The number of hydrogen-bond donors (Lipinski definition) is 0. The maximum atomic E-state index is 6.14. The van der Waals surface area contributed by atoms with Gasteiger partial charge in [-0.1, -0.05) is 45.7 Å². The first-order valence-electron chi connectivity index (χ1n) is 7.60. The largest absolute Gasteiger partial charge is 0.369 e. The minimum absolute atomic E-state index is 0.817. The summed E-state index contributed by atoms with van der Waals surface area (Å²) in [6, 6.07) is 14.8. The van der Waals surface area contributed by atoms with Crippen LogP contribution in [0.15, 0.2) is 46.9 Å². The second kappa shape index (κ2) is 7.03. The highest BCUT2D eigenvalue weighted by molar-refractivity contribution is 9.10. The molecule has 1 heterocycles. The first-order valence-corrected chi connectivity index (χ1v) is 8.77. The average Bonchev–Trinajstić information content (AvgIpc) is 2.53. The smallest absolute Gasteiger partial charge is 0.0426 e. The average molecular weight is 380 g/mol. The molecule has 0 aromatic heterocycles. The van der Waals surface area contributed by atoms with Gasteiger partial charge in [-0.05, 0) is 42.3 Å². The molecule has 1 aliphatic rings. The Hall–Kier alpha value is -1.03. The zero-order valence-corrected chi connectivity index (χ0v) is 15.1. The van der Waals surface area contributed by atoms with Crippen LogP contribution in [0.5, 0.6) is 0 Å². The summed E-state index contributed by atoms with van der Waals surface area (Å²) in [6.45, 7) is 7.45. The fraction of sp³-hybridized carbons (Fsp3) is 0.333. The minimum atomic E-state index is 0.817. The lowest BCUT2D eigenvalue weighted by atomic mass is 10.1. The molecule has 0 spiro atoms. The molecule has 0 amide bonds. The maximum Gasteiger partial charge on any atom is 0.0426 e. The van der Waals surface area contributed by atoms with E-state index < -0.39 is 0 Å². The van der Waals surface area contributed by atoms with Gasteiger partial charge in [-0.15, -0.1) is 0 Å². The highest BCUT2D eigenvalue weighted by Gasteiger charge is 2.18. The third kappa shape index (κ3) is 3.83. The molecule has 2 aromatic carbocycles. The quantitative estimate of drug-likeness (QED) is 0.760. The number of hydrogen-bond acceptors (Lipinski definition) is 2. The molecule has 0 aliphatic carbocycles. The van der Waals surface area contributed by atoms with Crippen LogP contribution in [-0.2, 0) is 6.54 Å². The minimum Gasteiger partial charge on any atom is -0.369 e. The maximum absolute atomic E-state index is 6.14. The van der Waals surface area contributed by atoms with Gasteiger partial charge in [0.05, 0.1) is 0 Å². The van der Waals surface area contributed by atoms with Crippen LogP contribution in [0.4, 0.5) is 5.69 Å². The summed E-state index contributed by atoms with van der Waals surface area (Å²) in [5.74, 6) is 0. The molecule has 22 heavy (non-hydrogen) atoms. The van der Waals surface area contributed by atoms with Crippen molar-refractivity contribution in [3.05, 3.63) is 63.1 Å². The Morgan fingerprint density at radius 1 is 1.00 bits per heavy atom. The molecule has 2 aromatic rings. The number of piperazine rings is 1. The van der Waals surface area contributed by atoms with Gasteiger partial charge in [-0.3, -0.25) is 4.90 Å². The Kier molecular flexibility index (Phi) is 5.07. The molecular formula is C18H20BrClN2. The number of rotatable bonds is 3. The van der Waals surface area contributed by atoms with Gasteiger partial charge >= 0.3 is 0 Å².